The van der Waals surface area contributed by atoms with E-state index in [-0.39, 0.29) is 40.6 Å². The molecule has 2 N–H and O–H groups in total. The largest absolute Gasteiger partial charge is 0.493 e. The number of carbonyl (C=O) groups excluding carboxylic acids is 2. The van der Waals surface area contributed by atoms with Crippen molar-refractivity contribution in [2.45, 2.75) is 32.9 Å². The Morgan fingerprint density at radius 3 is 2.45 bits per heavy atom. The van der Waals surface area contributed by atoms with Gasteiger partial charge >= 0.3 is 12.0 Å². The number of benzene rings is 2. The molecule has 0 radical (unpaired) electrons. The molecule has 33 heavy (non-hydrogen) atoms. The molecule has 10 nitrogen and oxygen atoms in total. The summed E-state index contributed by atoms with van der Waals surface area (Å²) < 4.78 is 16.3. The molecule has 2 aromatic rings. The summed E-state index contributed by atoms with van der Waals surface area (Å²) in [4.78, 5) is 37.1. The third-order valence-electron chi connectivity index (χ3n) is 4.82. The molecule has 0 aromatic heterocycles. The van der Waals surface area contributed by atoms with Crippen LogP contribution in [0.3, 0.4) is 0 Å². The van der Waals surface area contributed by atoms with Gasteiger partial charge in [0.1, 0.15) is 0 Å². The molecular formula is C23H25N3O7. The highest BCUT2D eigenvalue weighted by molar-refractivity contribution is 6.05. The van der Waals surface area contributed by atoms with Crippen molar-refractivity contribution in [1.82, 2.24) is 10.6 Å². The van der Waals surface area contributed by atoms with E-state index in [0.717, 1.165) is 0 Å². The molecule has 1 heterocycles. The first-order valence-corrected chi connectivity index (χ1v) is 10.3. The van der Waals surface area contributed by atoms with E-state index in [1.54, 1.807) is 51.1 Å². The number of amides is 2. The van der Waals surface area contributed by atoms with E-state index in [4.69, 9.17) is 14.2 Å². The van der Waals surface area contributed by atoms with Crippen LogP contribution in [0, 0.1) is 10.1 Å². The number of ether oxygens (including phenoxy) is 3. The Balaban J connectivity index is 2.30. The number of nitrogens with one attached hydrogen (secondary N) is 2. The first kappa shape index (κ1) is 23.6. The SMILES string of the molecule is CCOc1cc(C2NC(=O)NC(c3ccccc3)=C2C(=O)OC(C)C)c([N+](=O)[O-])cc1OC. The molecular weight excluding hydrogens is 430 g/mol. The zero-order chi connectivity index (χ0) is 24.1. The highest BCUT2D eigenvalue weighted by atomic mass is 16.6. The van der Waals surface area contributed by atoms with Crippen molar-refractivity contribution in [3.05, 3.63) is 69.3 Å². The van der Waals surface area contributed by atoms with Crippen molar-refractivity contribution in [2.24, 2.45) is 0 Å². The Morgan fingerprint density at radius 2 is 1.88 bits per heavy atom. The van der Waals surface area contributed by atoms with E-state index in [2.05, 4.69) is 10.6 Å². The van der Waals surface area contributed by atoms with Crippen LogP contribution in [0.15, 0.2) is 48.0 Å². The van der Waals surface area contributed by atoms with E-state index in [1.807, 2.05) is 0 Å². The number of rotatable bonds is 8. The minimum absolute atomic E-state index is 0.0326. The van der Waals surface area contributed by atoms with Gasteiger partial charge in [-0.05, 0) is 32.4 Å². The number of carbonyl (C=O) groups is 2. The summed E-state index contributed by atoms with van der Waals surface area (Å²) in [6.07, 6.45) is -0.454. The first-order chi connectivity index (χ1) is 15.8. The monoisotopic (exact) mass is 455 g/mol. The molecule has 0 fully saturated rings. The number of esters is 1. The van der Waals surface area contributed by atoms with Crippen molar-refractivity contribution in [1.29, 1.82) is 0 Å². The number of urea groups is 1. The lowest BCUT2D eigenvalue weighted by molar-refractivity contribution is -0.385. The average molecular weight is 455 g/mol. The van der Waals surface area contributed by atoms with E-state index < -0.39 is 29.1 Å². The molecule has 0 bridgehead atoms. The van der Waals surface area contributed by atoms with Crippen LogP contribution in [0.1, 0.15) is 37.9 Å². The van der Waals surface area contributed by atoms with Crippen LogP contribution in [0.4, 0.5) is 10.5 Å². The Kier molecular flexibility index (Phi) is 7.17. The van der Waals surface area contributed by atoms with Crippen LogP contribution in [0.5, 0.6) is 11.5 Å². The van der Waals surface area contributed by atoms with Crippen molar-refractivity contribution < 1.29 is 28.7 Å². The van der Waals surface area contributed by atoms with Crippen LogP contribution in [0.25, 0.3) is 5.70 Å². The van der Waals surface area contributed by atoms with Gasteiger partial charge in [0, 0.05) is 0 Å². The first-order valence-electron chi connectivity index (χ1n) is 10.3. The predicted octanol–water partition coefficient (Wildman–Crippen LogP) is 3.72. The molecule has 2 aromatic carbocycles. The fourth-order valence-electron chi connectivity index (χ4n) is 3.51. The lowest BCUT2D eigenvalue weighted by Crippen LogP contribution is -2.45. The Morgan fingerprint density at radius 1 is 1.18 bits per heavy atom. The number of hydrogen-bond acceptors (Lipinski definition) is 7. The zero-order valence-electron chi connectivity index (χ0n) is 18.7. The highest BCUT2D eigenvalue weighted by Gasteiger charge is 2.39. The molecule has 3 rings (SSSR count). The number of nitro benzene ring substituents is 1. The van der Waals surface area contributed by atoms with Gasteiger partial charge in [0.05, 0.1) is 53.7 Å². The van der Waals surface area contributed by atoms with Crippen LogP contribution in [-0.2, 0) is 9.53 Å². The minimum atomic E-state index is -1.18. The molecule has 0 saturated carbocycles. The summed E-state index contributed by atoms with van der Waals surface area (Å²) in [5.41, 5.74) is 0.505. The number of nitrogens with zero attached hydrogens (tertiary/aromatic N) is 1. The van der Waals surface area contributed by atoms with Crippen molar-refractivity contribution in [3.8, 4) is 11.5 Å². The lowest BCUT2D eigenvalue weighted by Gasteiger charge is -2.30. The second-order valence-electron chi connectivity index (χ2n) is 7.39. The van der Waals surface area contributed by atoms with Gasteiger partial charge in [0.15, 0.2) is 11.5 Å². The van der Waals surface area contributed by atoms with Crippen LogP contribution in [-0.4, -0.2) is 36.7 Å². The summed E-state index contributed by atoms with van der Waals surface area (Å²) in [5.74, 6) is -0.318. The van der Waals surface area contributed by atoms with Crippen molar-refractivity contribution in [2.75, 3.05) is 13.7 Å². The van der Waals surface area contributed by atoms with Crippen molar-refractivity contribution in [3.63, 3.8) is 0 Å². The third kappa shape index (κ3) is 5.05. The number of nitro groups is 1. The third-order valence-corrected chi connectivity index (χ3v) is 4.82. The molecule has 2 amide bonds. The summed E-state index contributed by atoms with van der Waals surface area (Å²) in [6, 6.07) is 9.54. The molecule has 1 aliphatic rings. The molecule has 0 aliphatic carbocycles. The van der Waals surface area contributed by atoms with Gasteiger partial charge in [0.2, 0.25) is 0 Å². The fourth-order valence-corrected chi connectivity index (χ4v) is 3.51. The molecule has 1 unspecified atom stereocenters. The maximum Gasteiger partial charge on any atom is 0.338 e. The molecule has 0 saturated heterocycles. The number of hydrogen-bond donors (Lipinski definition) is 2. The maximum atomic E-state index is 13.2. The highest BCUT2D eigenvalue weighted by Crippen LogP contribution is 2.42. The summed E-state index contributed by atoms with van der Waals surface area (Å²) in [5, 5.41) is 17.2. The topological polar surface area (TPSA) is 129 Å². The molecule has 1 atom stereocenters. The van der Waals surface area contributed by atoms with Gasteiger partial charge in [-0.15, -0.1) is 0 Å². The standard InChI is InChI=1S/C23H25N3O7/c1-5-32-18-11-15(16(26(29)30)12-17(18)31-4)21-19(22(27)33-13(2)3)20(24-23(28)25-21)14-9-7-6-8-10-14/h6-13,21H,5H2,1-4H3,(H2,24,25,28). The van der Waals surface area contributed by atoms with Crippen LogP contribution < -0.4 is 20.1 Å². The lowest BCUT2D eigenvalue weighted by atomic mass is 9.91. The second-order valence-corrected chi connectivity index (χ2v) is 7.39. The van der Waals surface area contributed by atoms with Gasteiger partial charge in [-0.1, -0.05) is 30.3 Å². The quantitative estimate of drug-likeness (QED) is 0.353. The molecule has 174 valence electrons. The maximum absolute atomic E-state index is 13.2. The van der Waals surface area contributed by atoms with Crippen LogP contribution in [0.2, 0.25) is 0 Å². The van der Waals surface area contributed by atoms with Gasteiger partial charge in [-0.3, -0.25) is 10.1 Å². The van der Waals surface area contributed by atoms with E-state index in [1.165, 1.54) is 19.2 Å². The molecule has 0 spiro atoms. The Bertz CT molecular complexity index is 1100. The smallest absolute Gasteiger partial charge is 0.338 e. The summed E-state index contributed by atoms with van der Waals surface area (Å²) in [6.45, 7) is 5.41. The summed E-state index contributed by atoms with van der Waals surface area (Å²) >= 11 is 0. The van der Waals surface area contributed by atoms with E-state index in [0.29, 0.717) is 5.56 Å². The predicted molar refractivity (Wildman–Crippen MR) is 120 cm³/mol. The minimum Gasteiger partial charge on any atom is -0.493 e. The van der Waals surface area contributed by atoms with Gasteiger partial charge in [-0.25, -0.2) is 9.59 Å². The fraction of sp³-hybridized carbons (Fsp3) is 0.304. The van der Waals surface area contributed by atoms with Gasteiger partial charge in [-0.2, -0.15) is 0 Å². The summed E-state index contributed by atoms with van der Waals surface area (Å²) in [7, 11) is 1.37. The van der Waals surface area contributed by atoms with Crippen molar-refractivity contribution >= 4 is 23.4 Å². The average Bonchev–Trinajstić information content (AvgIpc) is 2.78. The number of methoxy groups -OCH3 is 1. The van der Waals surface area contributed by atoms with Gasteiger partial charge < -0.3 is 24.8 Å². The van der Waals surface area contributed by atoms with Gasteiger partial charge in [0.25, 0.3) is 5.69 Å². The van der Waals surface area contributed by atoms with Crippen LogP contribution >= 0.6 is 0 Å². The van der Waals surface area contributed by atoms with E-state index >= 15 is 0 Å². The zero-order valence-corrected chi connectivity index (χ0v) is 18.7. The Labute approximate surface area is 190 Å². The molecule has 1 aliphatic heterocycles. The Hall–Kier alpha value is -4.08. The molecule has 10 heteroatoms. The second kappa shape index (κ2) is 10.0. The normalized spacial score (nSPS) is 15.5. The van der Waals surface area contributed by atoms with E-state index in [9.17, 15) is 19.7 Å².